The molecule has 12 heavy (non-hydrogen) atoms. The van der Waals surface area contributed by atoms with E-state index in [1.54, 1.807) is 0 Å². The van der Waals surface area contributed by atoms with E-state index in [1.807, 2.05) is 0 Å². The summed E-state index contributed by atoms with van der Waals surface area (Å²) in [5.41, 5.74) is 5.80. The van der Waals surface area contributed by atoms with E-state index in [9.17, 15) is 0 Å². The van der Waals surface area contributed by atoms with Crippen LogP contribution in [0.15, 0.2) is 0 Å². The summed E-state index contributed by atoms with van der Waals surface area (Å²) in [6, 6.07) is 0.434. The van der Waals surface area contributed by atoms with Crippen LogP contribution < -0.4 is 11.1 Å². The lowest BCUT2D eigenvalue weighted by atomic mass is 10.1. The Hall–Kier alpha value is -0.0800. The Labute approximate surface area is 76.9 Å². The number of hydrogen-bond donors (Lipinski definition) is 2. The van der Waals surface area contributed by atoms with E-state index in [2.05, 4.69) is 19.2 Å². The highest BCUT2D eigenvalue weighted by Gasteiger charge is 1.97. The van der Waals surface area contributed by atoms with Crippen LogP contribution in [0.3, 0.4) is 0 Å². The largest absolute Gasteiger partial charge is 0.328 e. The molecule has 0 amide bonds. The molecule has 0 saturated heterocycles. The maximum Gasteiger partial charge on any atom is 0.00362 e. The molecule has 0 aliphatic rings. The Morgan fingerprint density at radius 3 is 2.50 bits per heavy atom. The van der Waals surface area contributed by atoms with Gasteiger partial charge in [0.2, 0.25) is 0 Å². The summed E-state index contributed by atoms with van der Waals surface area (Å²) in [5.74, 6) is 0. The van der Waals surface area contributed by atoms with E-state index in [0.29, 0.717) is 6.04 Å². The molecule has 0 fully saturated rings. The van der Waals surface area contributed by atoms with Gasteiger partial charge in [-0.25, -0.2) is 0 Å². The van der Waals surface area contributed by atoms with Crippen molar-refractivity contribution in [2.75, 3.05) is 13.1 Å². The van der Waals surface area contributed by atoms with Crippen LogP contribution >= 0.6 is 0 Å². The summed E-state index contributed by atoms with van der Waals surface area (Å²) in [5, 5.41) is 3.32. The van der Waals surface area contributed by atoms with Crippen molar-refractivity contribution in [1.82, 2.24) is 5.32 Å². The molecule has 0 saturated carbocycles. The van der Waals surface area contributed by atoms with E-state index in [0.717, 1.165) is 19.5 Å². The predicted octanol–water partition coefficient (Wildman–Crippen LogP) is 1.89. The van der Waals surface area contributed by atoms with Gasteiger partial charge in [0.1, 0.15) is 0 Å². The van der Waals surface area contributed by atoms with Crippen LogP contribution in [0.25, 0.3) is 0 Å². The second kappa shape index (κ2) is 9.01. The van der Waals surface area contributed by atoms with Crippen LogP contribution in [0.4, 0.5) is 0 Å². The summed E-state index contributed by atoms with van der Waals surface area (Å²) in [4.78, 5) is 0. The first-order valence-electron chi connectivity index (χ1n) is 5.27. The maximum absolute atomic E-state index is 5.80. The third-order valence-electron chi connectivity index (χ3n) is 2.20. The Balaban J connectivity index is 2.90. The van der Waals surface area contributed by atoms with Gasteiger partial charge in [0.15, 0.2) is 0 Å². The summed E-state index contributed by atoms with van der Waals surface area (Å²) >= 11 is 0. The molecule has 0 aromatic heterocycles. The zero-order valence-electron chi connectivity index (χ0n) is 8.60. The molecule has 0 rings (SSSR count). The Bertz CT molecular complexity index is 83.9. The molecule has 0 heterocycles. The Morgan fingerprint density at radius 2 is 1.92 bits per heavy atom. The first kappa shape index (κ1) is 11.9. The van der Waals surface area contributed by atoms with Crippen molar-refractivity contribution < 1.29 is 0 Å². The molecule has 74 valence electrons. The van der Waals surface area contributed by atoms with E-state index in [4.69, 9.17) is 5.73 Å². The summed E-state index contributed by atoms with van der Waals surface area (Å²) < 4.78 is 0. The molecule has 1 atom stereocenters. The summed E-state index contributed by atoms with van der Waals surface area (Å²) in [6.07, 6.45) is 6.22. The maximum atomic E-state index is 5.80. The smallest absolute Gasteiger partial charge is 0.00362 e. The summed E-state index contributed by atoms with van der Waals surface area (Å²) in [7, 11) is 0. The van der Waals surface area contributed by atoms with Crippen LogP contribution in [0, 0.1) is 0 Å². The molecular weight excluding hydrogens is 148 g/mol. The normalized spacial score (nSPS) is 13.2. The molecule has 0 aliphatic carbocycles. The van der Waals surface area contributed by atoms with Gasteiger partial charge in [-0.05, 0) is 32.4 Å². The monoisotopic (exact) mass is 172 g/mol. The van der Waals surface area contributed by atoms with Crippen molar-refractivity contribution in [2.45, 2.75) is 52.0 Å². The molecule has 1 unspecified atom stereocenters. The first-order valence-corrected chi connectivity index (χ1v) is 5.27. The number of hydrogen-bond acceptors (Lipinski definition) is 2. The topological polar surface area (TPSA) is 38.0 Å². The third kappa shape index (κ3) is 8.02. The fraction of sp³-hybridized carbons (Fsp3) is 1.00. The van der Waals surface area contributed by atoms with Gasteiger partial charge >= 0.3 is 0 Å². The molecule has 0 spiro atoms. The van der Waals surface area contributed by atoms with Crippen molar-refractivity contribution in [1.29, 1.82) is 0 Å². The highest BCUT2D eigenvalue weighted by Crippen LogP contribution is 2.03. The lowest BCUT2D eigenvalue weighted by Gasteiger charge is -2.07. The highest BCUT2D eigenvalue weighted by molar-refractivity contribution is 4.58. The number of unbranched alkanes of at least 4 members (excludes halogenated alkanes) is 2. The van der Waals surface area contributed by atoms with Gasteiger partial charge in [-0.1, -0.05) is 26.7 Å². The van der Waals surface area contributed by atoms with E-state index >= 15 is 0 Å². The number of rotatable bonds is 8. The predicted molar refractivity (Wildman–Crippen MR) is 55.3 cm³/mol. The zero-order valence-corrected chi connectivity index (χ0v) is 8.60. The second-order valence-electron chi connectivity index (χ2n) is 3.37. The van der Waals surface area contributed by atoms with Gasteiger partial charge in [-0.3, -0.25) is 0 Å². The SMILES string of the molecule is CCNCCCCCC(N)CC. The van der Waals surface area contributed by atoms with Gasteiger partial charge in [0.25, 0.3) is 0 Å². The fourth-order valence-electron chi connectivity index (χ4n) is 1.21. The molecule has 0 aromatic rings. The fourth-order valence-corrected chi connectivity index (χ4v) is 1.21. The van der Waals surface area contributed by atoms with Gasteiger partial charge in [0, 0.05) is 6.04 Å². The minimum atomic E-state index is 0.434. The molecule has 0 aromatic carbocycles. The van der Waals surface area contributed by atoms with Crippen molar-refractivity contribution in [3.63, 3.8) is 0 Å². The average Bonchev–Trinajstić information content (AvgIpc) is 2.10. The van der Waals surface area contributed by atoms with Crippen LogP contribution in [0.5, 0.6) is 0 Å². The highest BCUT2D eigenvalue weighted by atomic mass is 14.8. The van der Waals surface area contributed by atoms with Gasteiger partial charge < -0.3 is 11.1 Å². The molecule has 3 N–H and O–H groups in total. The van der Waals surface area contributed by atoms with Crippen molar-refractivity contribution in [3.8, 4) is 0 Å². The number of nitrogens with two attached hydrogens (primary N) is 1. The Morgan fingerprint density at radius 1 is 1.17 bits per heavy atom. The molecule has 2 nitrogen and oxygen atoms in total. The van der Waals surface area contributed by atoms with Crippen LogP contribution in [-0.2, 0) is 0 Å². The van der Waals surface area contributed by atoms with E-state index < -0.39 is 0 Å². The molecule has 0 aliphatic heterocycles. The van der Waals surface area contributed by atoms with Gasteiger partial charge in [-0.2, -0.15) is 0 Å². The van der Waals surface area contributed by atoms with Crippen LogP contribution in [-0.4, -0.2) is 19.1 Å². The van der Waals surface area contributed by atoms with Crippen LogP contribution in [0.1, 0.15) is 46.0 Å². The first-order chi connectivity index (χ1) is 5.81. The van der Waals surface area contributed by atoms with Crippen molar-refractivity contribution in [3.05, 3.63) is 0 Å². The third-order valence-corrected chi connectivity index (χ3v) is 2.20. The average molecular weight is 172 g/mol. The quantitative estimate of drug-likeness (QED) is 0.549. The minimum Gasteiger partial charge on any atom is -0.328 e. The van der Waals surface area contributed by atoms with E-state index in [-0.39, 0.29) is 0 Å². The van der Waals surface area contributed by atoms with Crippen molar-refractivity contribution in [2.24, 2.45) is 5.73 Å². The molecular formula is C10H24N2. The molecule has 0 bridgehead atoms. The van der Waals surface area contributed by atoms with Gasteiger partial charge in [0.05, 0.1) is 0 Å². The zero-order chi connectivity index (χ0) is 9.23. The van der Waals surface area contributed by atoms with Crippen molar-refractivity contribution >= 4 is 0 Å². The number of nitrogens with one attached hydrogen (secondary N) is 1. The summed E-state index contributed by atoms with van der Waals surface area (Å²) in [6.45, 7) is 6.56. The lowest BCUT2D eigenvalue weighted by Crippen LogP contribution is -2.18. The lowest BCUT2D eigenvalue weighted by molar-refractivity contribution is 0.530. The second-order valence-corrected chi connectivity index (χ2v) is 3.37. The minimum absolute atomic E-state index is 0.434. The van der Waals surface area contributed by atoms with Gasteiger partial charge in [-0.15, -0.1) is 0 Å². The molecule has 2 heteroatoms. The van der Waals surface area contributed by atoms with E-state index in [1.165, 1.54) is 25.7 Å². The Kier molecular flexibility index (Phi) is 8.95. The van der Waals surface area contributed by atoms with Crippen LogP contribution in [0.2, 0.25) is 0 Å². The standard InChI is InChI=1S/C10H24N2/c1-3-10(11)8-6-5-7-9-12-4-2/h10,12H,3-9,11H2,1-2H3. The molecule has 0 radical (unpaired) electrons.